The molecule has 0 aliphatic carbocycles. The molecule has 0 bridgehead atoms. The van der Waals surface area contributed by atoms with Crippen molar-refractivity contribution in [2.24, 2.45) is 0 Å². The first-order valence-electron chi connectivity index (χ1n) is 4.28. The number of hydrogen-bond acceptors (Lipinski definition) is 9. The molecule has 0 saturated carbocycles. The summed E-state index contributed by atoms with van der Waals surface area (Å²) in [4.78, 5) is 12.6. The summed E-state index contributed by atoms with van der Waals surface area (Å²) in [5.41, 5.74) is 10.5. The molecule has 2 heterocycles. The third-order valence-corrected chi connectivity index (χ3v) is 1.39. The third-order valence-electron chi connectivity index (χ3n) is 1.39. The number of pyridine rings is 1. The standard InChI is InChI=1S/C5H7N3.C3H3N3O3/c6-4-2-1-3-5(7)8-4;7-1-4-2(8)6-3(9)5-1/h1-3H,(H4,6,7,8);(H3,4,5,6,7,8,9). The van der Waals surface area contributed by atoms with Crippen molar-refractivity contribution < 1.29 is 15.3 Å². The zero-order chi connectivity index (χ0) is 12.8. The Kier molecular flexibility index (Phi) is 3.81. The predicted molar refractivity (Wildman–Crippen MR) is 57.9 cm³/mol. The van der Waals surface area contributed by atoms with Crippen LogP contribution in [0, 0.1) is 0 Å². The number of anilines is 2. The van der Waals surface area contributed by atoms with E-state index < -0.39 is 18.0 Å². The monoisotopic (exact) mass is 238 g/mol. The molecule has 0 saturated heterocycles. The molecule has 0 aromatic carbocycles. The van der Waals surface area contributed by atoms with Crippen LogP contribution in [0.2, 0.25) is 0 Å². The minimum absolute atomic E-state index is 0.463. The van der Waals surface area contributed by atoms with Gasteiger partial charge in [0.25, 0.3) is 0 Å². The highest BCUT2D eigenvalue weighted by atomic mass is 16.3. The maximum atomic E-state index is 8.41. The van der Waals surface area contributed by atoms with Crippen LogP contribution in [-0.2, 0) is 0 Å². The highest BCUT2D eigenvalue weighted by molar-refractivity contribution is 5.37. The van der Waals surface area contributed by atoms with Gasteiger partial charge in [-0.2, -0.15) is 0 Å². The molecule has 0 amide bonds. The number of nitrogens with zero attached hydrogens (tertiary/aromatic N) is 4. The van der Waals surface area contributed by atoms with Crippen LogP contribution in [0.4, 0.5) is 11.6 Å². The van der Waals surface area contributed by atoms with Crippen molar-refractivity contribution in [1.29, 1.82) is 0 Å². The average Bonchev–Trinajstić information content (AvgIpc) is 2.15. The lowest BCUT2D eigenvalue weighted by molar-refractivity contribution is 0.344. The molecule has 2 rings (SSSR count). The van der Waals surface area contributed by atoms with E-state index in [-0.39, 0.29) is 0 Å². The molecule has 90 valence electrons. The molecule has 9 heteroatoms. The highest BCUT2D eigenvalue weighted by Gasteiger charge is 1.99. The van der Waals surface area contributed by atoms with Gasteiger partial charge < -0.3 is 26.8 Å². The summed E-state index contributed by atoms with van der Waals surface area (Å²) in [5.74, 6) is 0.926. The number of hydrogen-bond donors (Lipinski definition) is 5. The maximum absolute atomic E-state index is 8.41. The summed E-state index contributed by atoms with van der Waals surface area (Å²) in [5, 5.41) is 25.2. The lowest BCUT2D eigenvalue weighted by Crippen LogP contribution is -1.93. The van der Waals surface area contributed by atoms with Gasteiger partial charge in [0.05, 0.1) is 0 Å². The summed E-state index contributed by atoms with van der Waals surface area (Å²) < 4.78 is 0. The second kappa shape index (κ2) is 5.30. The molecule has 0 radical (unpaired) electrons. The SMILES string of the molecule is Nc1cccc(N)n1.Oc1nc(O)nc(O)n1. The van der Waals surface area contributed by atoms with Crippen LogP contribution in [-0.4, -0.2) is 35.3 Å². The van der Waals surface area contributed by atoms with Crippen molar-refractivity contribution in [2.45, 2.75) is 0 Å². The minimum Gasteiger partial charge on any atom is -0.479 e. The van der Waals surface area contributed by atoms with Gasteiger partial charge in [-0.05, 0) is 12.1 Å². The molecule has 0 aliphatic rings. The van der Waals surface area contributed by atoms with E-state index in [1.165, 1.54) is 0 Å². The summed E-state index contributed by atoms with van der Waals surface area (Å²) >= 11 is 0. The Labute approximate surface area is 95.4 Å². The highest BCUT2D eigenvalue weighted by Crippen LogP contribution is 2.08. The molecule has 0 fully saturated rings. The molecule has 0 spiro atoms. The van der Waals surface area contributed by atoms with Gasteiger partial charge in [-0.15, -0.1) is 15.0 Å². The van der Waals surface area contributed by atoms with Crippen molar-refractivity contribution in [3.05, 3.63) is 18.2 Å². The molecule has 17 heavy (non-hydrogen) atoms. The van der Waals surface area contributed by atoms with Gasteiger partial charge in [0.2, 0.25) is 0 Å². The Hall–Kier alpha value is -2.84. The molecule has 2 aromatic heterocycles. The topological polar surface area (TPSA) is 164 Å². The van der Waals surface area contributed by atoms with E-state index in [2.05, 4.69) is 19.9 Å². The first-order valence-corrected chi connectivity index (χ1v) is 4.28. The molecule has 2 aromatic rings. The quantitative estimate of drug-likeness (QED) is 0.396. The largest absolute Gasteiger partial charge is 0.479 e. The Morgan fingerprint density at radius 3 is 1.29 bits per heavy atom. The first-order chi connectivity index (χ1) is 7.97. The van der Waals surface area contributed by atoms with Crippen LogP contribution in [0.25, 0.3) is 0 Å². The van der Waals surface area contributed by atoms with Gasteiger partial charge >= 0.3 is 18.0 Å². The predicted octanol–water partition coefficient (Wildman–Crippen LogP) is -0.766. The van der Waals surface area contributed by atoms with E-state index in [1.54, 1.807) is 18.2 Å². The fourth-order valence-electron chi connectivity index (χ4n) is 0.812. The van der Waals surface area contributed by atoms with Crippen LogP contribution in [0.15, 0.2) is 18.2 Å². The molecular weight excluding hydrogens is 228 g/mol. The van der Waals surface area contributed by atoms with Crippen LogP contribution in [0.1, 0.15) is 0 Å². The van der Waals surface area contributed by atoms with Crippen molar-refractivity contribution in [2.75, 3.05) is 11.5 Å². The van der Waals surface area contributed by atoms with Crippen LogP contribution in [0.3, 0.4) is 0 Å². The van der Waals surface area contributed by atoms with Crippen LogP contribution < -0.4 is 11.5 Å². The minimum atomic E-state index is -0.708. The van der Waals surface area contributed by atoms with Gasteiger partial charge in [-0.3, -0.25) is 0 Å². The summed E-state index contributed by atoms with van der Waals surface area (Å²) in [7, 11) is 0. The van der Waals surface area contributed by atoms with Crippen molar-refractivity contribution in [3.63, 3.8) is 0 Å². The Morgan fingerprint density at radius 1 is 0.706 bits per heavy atom. The van der Waals surface area contributed by atoms with E-state index in [0.29, 0.717) is 11.6 Å². The number of nitrogens with two attached hydrogens (primary N) is 2. The van der Waals surface area contributed by atoms with E-state index >= 15 is 0 Å². The summed E-state index contributed by atoms with van der Waals surface area (Å²) in [6.45, 7) is 0. The first kappa shape index (κ1) is 12.2. The molecular formula is C8H10N6O3. The lowest BCUT2D eigenvalue weighted by Gasteiger charge is -1.90. The van der Waals surface area contributed by atoms with Crippen molar-refractivity contribution >= 4 is 11.6 Å². The Bertz CT molecular complexity index is 439. The van der Waals surface area contributed by atoms with Crippen molar-refractivity contribution in [1.82, 2.24) is 19.9 Å². The molecule has 7 N–H and O–H groups in total. The van der Waals surface area contributed by atoms with Gasteiger partial charge in [-0.25, -0.2) is 4.98 Å². The molecule has 0 atom stereocenters. The second-order valence-electron chi connectivity index (χ2n) is 2.72. The smallest absolute Gasteiger partial charge is 0.323 e. The maximum Gasteiger partial charge on any atom is 0.323 e. The number of rotatable bonds is 0. The van der Waals surface area contributed by atoms with Crippen LogP contribution in [0.5, 0.6) is 18.0 Å². The second-order valence-corrected chi connectivity index (χ2v) is 2.72. The van der Waals surface area contributed by atoms with E-state index in [9.17, 15) is 0 Å². The van der Waals surface area contributed by atoms with Crippen molar-refractivity contribution in [3.8, 4) is 18.0 Å². The fourth-order valence-corrected chi connectivity index (χ4v) is 0.812. The number of aromatic hydroxyl groups is 3. The molecule has 9 nitrogen and oxygen atoms in total. The van der Waals surface area contributed by atoms with E-state index in [4.69, 9.17) is 26.8 Å². The zero-order valence-corrected chi connectivity index (χ0v) is 8.52. The Morgan fingerprint density at radius 2 is 1.06 bits per heavy atom. The molecule has 0 unspecified atom stereocenters. The van der Waals surface area contributed by atoms with E-state index in [0.717, 1.165) is 0 Å². The summed E-state index contributed by atoms with van der Waals surface area (Å²) in [6, 6.07) is 3.02. The third kappa shape index (κ3) is 4.46. The number of aromatic nitrogens is 4. The van der Waals surface area contributed by atoms with Gasteiger partial charge in [-0.1, -0.05) is 6.07 Å². The molecule has 0 aliphatic heterocycles. The zero-order valence-electron chi connectivity index (χ0n) is 8.52. The van der Waals surface area contributed by atoms with Gasteiger partial charge in [0.15, 0.2) is 0 Å². The van der Waals surface area contributed by atoms with Crippen LogP contribution >= 0.6 is 0 Å². The van der Waals surface area contributed by atoms with E-state index in [1.807, 2.05) is 0 Å². The lowest BCUT2D eigenvalue weighted by atomic mass is 10.4. The number of nitrogen functional groups attached to an aromatic ring is 2. The Balaban J connectivity index is 0.000000171. The fraction of sp³-hybridized carbons (Fsp3) is 0. The summed E-state index contributed by atoms with van der Waals surface area (Å²) in [6.07, 6.45) is 0. The van der Waals surface area contributed by atoms with Gasteiger partial charge in [0.1, 0.15) is 11.6 Å². The normalized spacial score (nSPS) is 9.18. The van der Waals surface area contributed by atoms with Gasteiger partial charge in [0, 0.05) is 0 Å². The average molecular weight is 238 g/mol.